The number of amides is 1. The second-order valence-corrected chi connectivity index (χ2v) is 6.43. The number of carbonyl (C=O) groups is 1. The van der Waals surface area contributed by atoms with Crippen molar-refractivity contribution in [1.29, 1.82) is 0 Å². The Morgan fingerprint density at radius 1 is 1.37 bits per heavy atom. The standard InChI is InChI=1S/C12H15Cl3N2OS/c1-7(4-16)5-19-6-11(18)17-12-9(14)2-8(13)3-10(12)15/h2-3,7H,4-6,16H2,1H3,(H,17,18). The van der Waals surface area contributed by atoms with Crippen molar-refractivity contribution in [3.8, 4) is 0 Å². The lowest BCUT2D eigenvalue weighted by molar-refractivity contribution is -0.113. The zero-order valence-corrected chi connectivity index (χ0v) is 13.5. The SMILES string of the molecule is CC(CN)CSCC(=O)Nc1c(Cl)cc(Cl)cc1Cl. The highest BCUT2D eigenvalue weighted by molar-refractivity contribution is 7.99. The molecule has 0 spiro atoms. The molecule has 0 aliphatic rings. The number of benzene rings is 1. The Morgan fingerprint density at radius 2 is 1.95 bits per heavy atom. The minimum Gasteiger partial charge on any atom is -0.330 e. The van der Waals surface area contributed by atoms with Crippen LogP contribution in [0, 0.1) is 5.92 Å². The van der Waals surface area contributed by atoms with E-state index in [4.69, 9.17) is 40.5 Å². The van der Waals surface area contributed by atoms with Gasteiger partial charge in [-0.2, -0.15) is 11.8 Å². The molecule has 0 fully saturated rings. The second kappa shape index (κ2) is 8.22. The van der Waals surface area contributed by atoms with E-state index < -0.39 is 0 Å². The third-order valence-electron chi connectivity index (χ3n) is 2.31. The minimum atomic E-state index is -0.152. The number of nitrogens with two attached hydrogens (primary N) is 1. The van der Waals surface area contributed by atoms with Gasteiger partial charge in [0.25, 0.3) is 0 Å². The minimum absolute atomic E-state index is 0.152. The molecule has 1 aromatic rings. The number of rotatable bonds is 6. The Balaban J connectivity index is 2.53. The number of carbonyl (C=O) groups excluding carboxylic acids is 1. The molecule has 0 heterocycles. The Bertz CT molecular complexity index is 434. The van der Waals surface area contributed by atoms with Gasteiger partial charge in [-0.05, 0) is 30.3 Å². The van der Waals surface area contributed by atoms with Crippen molar-refractivity contribution in [3.63, 3.8) is 0 Å². The van der Waals surface area contributed by atoms with E-state index in [2.05, 4.69) is 5.32 Å². The Hall–Kier alpha value is -0.130. The monoisotopic (exact) mass is 340 g/mol. The third-order valence-corrected chi connectivity index (χ3v) is 4.39. The van der Waals surface area contributed by atoms with Crippen LogP contribution in [0.2, 0.25) is 15.1 Å². The van der Waals surface area contributed by atoms with Crippen molar-refractivity contribution in [1.82, 2.24) is 0 Å². The Labute approximate surface area is 132 Å². The van der Waals surface area contributed by atoms with Crippen molar-refractivity contribution >= 4 is 58.2 Å². The summed E-state index contributed by atoms with van der Waals surface area (Å²) >= 11 is 19.3. The van der Waals surface area contributed by atoms with Gasteiger partial charge in [-0.1, -0.05) is 41.7 Å². The Kier molecular flexibility index (Phi) is 7.32. The maximum Gasteiger partial charge on any atom is 0.234 e. The van der Waals surface area contributed by atoms with Gasteiger partial charge in [0.15, 0.2) is 0 Å². The number of anilines is 1. The van der Waals surface area contributed by atoms with Gasteiger partial charge in [-0.3, -0.25) is 4.79 Å². The van der Waals surface area contributed by atoms with Gasteiger partial charge in [-0.15, -0.1) is 0 Å². The van der Waals surface area contributed by atoms with Crippen LogP contribution < -0.4 is 11.1 Å². The number of thioether (sulfide) groups is 1. The summed E-state index contributed by atoms with van der Waals surface area (Å²) in [5, 5.41) is 3.76. The van der Waals surface area contributed by atoms with Crippen LogP contribution in [0.4, 0.5) is 5.69 Å². The summed E-state index contributed by atoms with van der Waals surface area (Å²) in [6.07, 6.45) is 0. The number of halogens is 3. The predicted octanol–water partition coefficient (Wildman–Crippen LogP) is 3.91. The van der Waals surface area contributed by atoms with Gasteiger partial charge in [0, 0.05) is 5.02 Å². The fraction of sp³-hybridized carbons (Fsp3) is 0.417. The van der Waals surface area contributed by atoms with Crippen molar-refractivity contribution in [2.45, 2.75) is 6.92 Å². The van der Waals surface area contributed by atoms with Crippen LogP contribution in [-0.4, -0.2) is 24.0 Å². The molecule has 0 radical (unpaired) electrons. The molecule has 1 aromatic carbocycles. The molecular weight excluding hydrogens is 327 g/mol. The molecule has 3 nitrogen and oxygen atoms in total. The first-order valence-electron chi connectivity index (χ1n) is 5.66. The molecule has 0 saturated heterocycles. The molecule has 0 aliphatic heterocycles. The van der Waals surface area contributed by atoms with Gasteiger partial charge >= 0.3 is 0 Å². The molecule has 0 bridgehead atoms. The largest absolute Gasteiger partial charge is 0.330 e. The van der Waals surface area contributed by atoms with Crippen LogP contribution in [0.5, 0.6) is 0 Å². The normalized spacial score (nSPS) is 12.3. The summed E-state index contributed by atoms with van der Waals surface area (Å²) < 4.78 is 0. The van der Waals surface area contributed by atoms with Crippen LogP contribution in [0.1, 0.15) is 6.92 Å². The first-order valence-corrected chi connectivity index (χ1v) is 7.95. The maximum absolute atomic E-state index is 11.8. The van der Waals surface area contributed by atoms with Crippen LogP contribution in [0.15, 0.2) is 12.1 Å². The maximum atomic E-state index is 11.8. The molecule has 0 aromatic heterocycles. The van der Waals surface area contributed by atoms with E-state index in [9.17, 15) is 4.79 Å². The summed E-state index contributed by atoms with van der Waals surface area (Å²) in [6.45, 7) is 2.65. The van der Waals surface area contributed by atoms with E-state index in [0.29, 0.717) is 39.0 Å². The first-order chi connectivity index (χ1) is 8.93. The zero-order chi connectivity index (χ0) is 14.4. The molecule has 1 rings (SSSR count). The van der Waals surface area contributed by atoms with Crippen molar-refractivity contribution in [2.24, 2.45) is 11.7 Å². The number of hydrogen-bond donors (Lipinski definition) is 2. The summed E-state index contributed by atoms with van der Waals surface area (Å²) in [6, 6.07) is 3.07. The molecule has 0 aliphatic carbocycles. The predicted molar refractivity (Wildman–Crippen MR) is 85.6 cm³/mol. The van der Waals surface area contributed by atoms with E-state index in [1.807, 2.05) is 6.92 Å². The molecule has 1 unspecified atom stereocenters. The van der Waals surface area contributed by atoms with E-state index in [1.165, 1.54) is 23.9 Å². The summed E-state index contributed by atoms with van der Waals surface area (Å²) in [7, 11) is 0. The topological polar surface area (TPSA) is 55.1 Å². The Morgan fingerprint density at radius 3 is 2.47 bits per heavy atom. The van der Waals surface area contributed by atoms with Gasteiger partial charge in [0.2, 0.25) is 5.91 Å². The van der Waals surface area contributed by atoms with E-state index in [0.717, 1.165) is 5.75 Å². The van der Waals surface area contributed by atoms with Crippen molar-refractivity contribution < 1.29 is 4.79 Å². The fourth-order valence-corrected chi connectivity index (χ4v) is 3.08. The smallest absolute Gasteiger partial charge is 0.234 e. The highest BCUT2D eigenvalue weighted by atomic mass is 35.5. The average molecular weight is 342 g/mol. The second-order valence-electron chi connectivity index (χ2n) is 4.15. The average Bonchev–Trinajstić information content (AvgIpc) is 2.33. The van der Waals surface area contributed by atoms with E-state index >= 15 is 0 Å². The van der Waals surface area contributed by atoms with Gasteiger partial charge < -0.3 is 11.1 Å². The summed E-state index contributed by atoms with van der Waals surface area (Å²) in [5.74, 6) is 1.41. The molecule has 1 atom stereocenters. The van der Waals surface area contributed by atoms with Crippen molar-refractivity contribution in [3.05, 3.63) is 27.2 Å². The number of hydrogen-bond acceptors (Lipinski definition) is 3. The molecule has 106 valence electrons. The van der Waals surface area contributed by atoms with E-state index in [-0.39, 0.29) is 5.91 Å². The summed E-state index contributed by atoms with van der Waals surface area (Å²) in [4.78, 5) is 11.8. The summed E-state index contributed by atoms with van der Waals surface area (Å²) in [5.41, 5.74) is 5.90. The molecule has 7 heteroatoms. The highest BCUT2D eigenvalue weighted by Crippen LogP contribution is 2.33. The molecule has 0 saturated carbocycles. The van der Waals surface area contributed by atoms with Gasteiger partial charge in [-0.25, -0.2) is 0 Å². The van der Waals surface area contributed by atoms with E-state index in [1.54, 1.807) is 0 Å². The molecule has 1 amide bonds. The van der Waals surface area contributed by atoms with Crippen LogP contribution in [0.25, 0.3) is 0 Å². The lowest BCUT2D eigenvalue weighted by atomic mass is 10.2. The van der Waals surface area contributed by atoms with Crippen molar-refractivity contribution in [2.75, 3.05) is 23.4 Å². The third kappa shape index (κ3) is 5.79. The van der Waals surface area contributed by atoms with Crippen LogP contribution >= 0.6 is 46.6 Å². The quantitative estimate of drug-likeness (QED) is 0.824. The number of nitrogens with one attached hydrogen (secondary N) is 1. The molecule has 19 heavy (non-hydrogen) atoms. The lowest BCUT2D eigenvalue weighted by Gasteiger charge is -2.11. The molecule has 3 N–H and O–H groups in total. The van der Waals surface area contributed by atoms with Crippen LogP contribution in [0.3, 0.4) is 0 Å². The van der Waals surface area contributed by atoms with Gasteiger partial charge in [0.05, 0.1) is 21.5 Å². The first kappa shape index (κ1) is 16.9. The zero-order valence-electron chi connectivity index (χ0n) is 10.4. The molecular formula is C12H15Cl3N2OS. The van der Waals surface area contributed by atoms with Crippen LogP contribution in [-0.2, 0) is 4.79 Å². The highest BCUT2D eigenvalue weighted by Gasteiger charge is 2.11. The fourth-order valence-electron chi connectivity index (χ4n) is 1.26. The lowest BCUT2D eigenvalue weighted by Crippen LogP contribution is -2.17. The van der Waals surface area contributed by atoms with Gasteiger partial charge in [0.1, 0.15) is 0 Å².